The number of hydrogen-bond donors (Lipinski definition) is 1. The molecule has 0 aromatic heterocycles. The van der Waals surface area contributed by atoms with Crippen molar-refractivity contribution in [1.82, 2.24) is 0 Å². The second-order valence-corrected chi connectivity index (χ2v) is 3.13. The van der Waals surface area contributed by atoms with Gasteiger partial charge in [0.2, 0.25) is 0 Å². The molecule has 1 aliphatic heterocycles. The van der Waals surface area contributed by atoms with Crippen molar-refractivity contribution < 1.29 is 9.84 Å². The van der Waals surface area contributed by atoms with Gasteiger partial charge in [0.15, 0.2) is 0 Å². The molecule has 0 saturated carbocycles. The molecule has 1 fully saturated rings. The third kappa shape index (κ3) is 1.84. The molecular formula is C10H12O2. The Hall–Kier alpha value is -0.860. The van der Waals surface area contributed by atoms with Gasteiger partial charge in [-0.25, -0.2) is 0 Å². The van der Waals surface area contributed by atoms with E-state index in [0.29, 0.717) is 13.0 Å². The fraction of sp³-hybridized carbons (Fsp3) is 0.400. The first-order chi connectivity index (χ1) is 5.86. The lowest BCUT2D eigenvalue weighted by Crippen LogP contribution is -2.17. The first-order valence-electron chi connectivity index (χ1n) is 4.20. The summed E-state index contributed by atoms with van der Waals surface area (Å²) in [5.41, 5.74) is 1.17. The van der Waals surface area contributed by atoms with Gasteiger partial charge in [-0.1, -0.05) is 30.3 Å². The lowest BCUT2D eigenvalue weighted by molar-refractivity contribution is 0.135. The van der Waals surface area contributed by atoms with Crippen LogP contribution in [0.1, 0.15) is 5.56 Å². The summed E-state index contributed by atoms with van der Waals surface area (Å²) in [6.45, 7) is 0.716. The molecular weight excluding hydrogens is 152 g/mol. The molecule has 1 heterocycles. The van der Waals surface area contributed by atoms with E-state index in [2.05, 4.69) is 0 Å². The lowest BCUT2D eigenvalue weighted by atomic mass is 10.1. The van der Waals surface area contributed by atoms with Crippen molar-refractivity contribution in [3.05, 3.63) is 35.9 Å². The number of hydrogen-bond acceptors (Lipinski definition) is 2. The summed E-state index contributed by atoms with van der Waals surface area (Å²) in [6, 6.07) is 9.98. The van der Waals surface area contributed by atoms with Crippen LogP contribution in [0.3, 0.4) is 0 Å². The Kier molecular flexibility index (Phi) is 2.11. The number of aliphatic hydroxyl groups is 1. The zero-order valence-electron chi connectivity index (χ0n) is 6.81. The molecule has 1 saturated heterocycles. The van der Waals surface area contributed by atoms with E-state index < -0.39 is 0 Å². The van der Waals surface area contributed by atoms with Crippen LogP contribution < -0.4 is 0 Å². The fourth-order valence-electron chi connectivity index (χ4n) is 1.26. The predicted molar refractivity (Wildman–Crippen MR) is 45.9 cm³/mol. The number of rotatable bonds is 3. The van der Waals surface area contributed by atoms with Crippen LogP contribution in [0.15, 0.2) is 30.3 Å². The molecule has 2 nitrogen and oxygen atoms in total. The highest BCUT2D eigenvalue weighted by Crippen LogP contribution is 2.17. The van der Waals surface area contributed by atoms with E-state index >= 15 is 0 Å². The van der Waals surface area contributed by atoms with Crippen molar-refractivity contribution in [2.75, 3.05) is 6.61 Å². The van der Waals surface area contributed by atoms with Crippen LogP contribution in [-0.4, -0.2) is 23.9 Å². The van der Waals surface area contributed by atoms with E-state index in [1.807, 2.05) is 30.3 Å². The second-order valence-electron chi connectivity index (χ2n) is 3.13. The van der Waals surface area contributed by atoms with Crippen molar-refractivity contribution >= 4 is 0 Å². The summed E-state index contributed by atoms with van der Waals surface area (Å²) in [6.07, 6.45) is 0.462. The zero-order valence-corrected chi connectivity index (χ0v) is 6.81. The molecule has 0 unspecified atom stereocenters. The number of ether oxygens (including phenoxy) is 1. The monoisotopic (exact) mass is 164 g/mol. The number of epoxide rings is 1. The van der Waals surface area contributed by atoms with Crippen LogP contribution in [0, 0.1) is 0 Å². The molecule has 0 amide bonds. The molecule has 2 rings (SSSR count). The molecule has 0 radical (unpaired) electrons. The Balaban J connectivity index is 1.94. The largest absolute Gasteiger partial charge is 0.390 e. The van der Waals surface area contributed by atoms with Crippen molar-refractivity contribution in [3.63, 3.8) is 0 Å². The normalized spacial score (nSPS) is 23.6. The van der Waals surface area contributed by atoms with E-state index in [1.165, 1.54) is 5.56 Å². The quantitative estimate of drug-likeness (QED) is 0.676. The van der Waals surface area contributed by atoms with Gasteiger partial charge in [-0.2, -0.15) is 0 Å². The summed E-state index contributed by atoms with van der Waals surface area (Å²) in [7, 11) is 0. The molecule has 0 spiro atoms. The summed E-state index contributed by atoms with van der Waals surface area (Å²) in [4.78, 5) is 0. The van der Waals surface area contributed by atoms with Crippen molar-refractivity contribution in [1.29, 1.82) is 0 Å². The Bertz CT molecular complexity index is 241. The molecule has 1 aliphatic rings. The molecule has 0 bridgehead atoms. The fourth-order valence-corrected chi connectivity index (χ4v) is 1.26. The summed E-state index contributed by atoms with van der Waals surface area (Å²) in [5, 5.41) is 9.52. The smallest absolute Gasteiger partial charge is 0.107 e. The third-order valence-corrected chi connectivity index (χ3v) is 2.08. The maximum Gasteiger partial charge on any atom is 0.107 e. The minimum absolute atomic E-state index is 0.0882. The van der Waals surface area contributed by atoms with Crippen LogP contribution in [0.25, 0.3) is 0 Å². The van der Waals surface area contributed by atoms with Crippen LogP contribution in [0.4, 0.5) is 0 Å². The van der Waals surface area contributed by atoms with Gasteiger partial charge in [0, 0.05) is 6.42 Å². The standard InChI is InChI=1S/C10H12O2/c11-9(10-7-12-10)6-8-4-2-1-3-5-8/h1-5,9-11H,6-7H2/t9-,10+/m1/s1. The molecule has 12 heavy (non-hydrogen) atoms. The number of benzene rings is 1. The van der Waals surface area contributed by atoms with Gasteiger partial charge in [0.25, 0.3) is 0 Å². The van der Waals surface area contributed by atoms with Crippen LogP contribution >= 0.6 is 0 Å². The summed E-state index contributed by atoms with van der Waals surface area (Å²) in [5.74, 6) is 0. The Morgan fingerprint density at radius 1 is 1.42 bits per heavy atom. The van der Waals surface area contributed by atoms with Crippen LogP contribution in [0.5, 0.6) is 0 Å². The highest BCUT2D eigenvalue weighted by Gasteiger charge is 2.30. The van der Waals surface area contributed by atoms with Crippen LogP contribution in [-0.2, 0) is 11.2 Å². The maximum atomic E-state index is 9.52. The molecule has 1 aromatic rings. The van der Waals surface area contributed by atoms with E-state index in [1.54, 1.807) is 0 Å². The predicted octanol–water partition coefficient (Wildman–Crippen LogP) is 0.989. The Labute approximate surface area is 71.8 Å². The molecule has 2 heteroatoms. The van der Waals surface area contributed by atoms with Gasteiger partial charge < -0.3 is 9.84 Å². The second kappa shape index (κ2) is 3.25. The zero-order chi connectivity index (χ0) is 8.39. The van der Waals surface area contributed by atoms with Gasteiger partial charge >= 0.3 is 0 Å². The van der Waals surface area contributed by atoms with Gasteiger partial charge in [-0.3, -0.25) is 0 Å². The molecule has 0 aliphatic carbocycles. The first-order valence-corrected chi connectivity index (χ1v) is 4.20. The minimum Gasteiger partial charge on any atom is -0.390 e. The third-order valence-electron chi connectivity index (χ3n) is 2.08. The van der Waals surface area contributed by atoms with Gasteiger partial charge in [-0.05, 0) is 5.56 Å². The van der Waals surface area contributed by atoms with Crippen LogP contribution in [0.2, 0.25) is 0 Å². The lowest BCUT2D eigenvalue weighted by Gasteiger charge is -2.06. The molecule has 1 aromatic carbocycles. The summed E-state index contributed by atoms with van der Waals surface area (Å²) < 4.78 is 4.99. The van der Waals surface area contributed by atoms with Gasteiger partial charge in [0.1, 0.15) is 6.10 Å². The number of aliphatic hydroxyl groups excluding tert-OH is 1. The topological polar surface area (TPSA) is 32.8 Å². The SMILES string of the molecule is O[C@H](Cc1ccccc1)[C@@H]1CO1. The van der Waals surface area contributed by atoms with Crippen molar-refractivity contribution in [2.45, 2.75) is 18.6 Å². The van der Waals surface area contributed by atoms with E-state index in [4.69, 9.17) is 4.74 Å². The van der Waals surface area contributed by atoms with Gasteiger partial charge in [-0.15, -0.1) is 0 Å². The Morgan fingerprint density at radius 2 is 2.08 bits per heavy atom. The highest BCUT2D eigenvalue weighted by molar-refractivity contribution is 5.16. The minimum atomic E-state index is -0.326. The molecule has 1 N–H and O–H groups in total. The summed E-state index contributed by atoms with van der Waals surface area (Å²) >= 11 is 0. The maximum absolute atomic E-state index is 9.52. The van der Waals surface area contributed by atoms with Gasteiger partial charge in [0.05, 0.1) is 12.7 Å². The molecule has 2 atom stereocenters. The van der Waals surface area contributed by atoms with E-state index in [0.717, 1.165) is 0 Å². The Morgan fingerprint density at radius 3 is 2.67 bits per heavy atom. The molecule has 64 valence electrons. The average molecular weight is 164 g/mol. The highest BCUT2D eigenvalue weighted by atomic mass is 16.6. The van der Waals surface area contributed by atoms with E-state index in [9.17, 15) is 5.11 Å². The van der Waals surface area contributed by atoms with E-state index in [-0.39, 0.29) is 12.2 Å². The van der Waals surface area contributed by atoms with Crippen molar-refractivity contribution in [2.24, 2.45) is 0 Å². The first kappa shape index (κ1) is 7.77. The van der Waals surface area contributed by atoms with Crippen molar-refractivity contribution in [3.8, 4) is 0 Å². The average Bonchev–Trinajstić information content (AvgIpc) is 2.88.